The predicted molar refractivity (Wildman–Crippen MR) is 117 cm³/mol. The summed E-state index contributed by atoms with van der Waals surface area (Å²) < 4.78 is 32.4. The van der Waals surface area contributed by atoms with Crippen molar-refractivity contribution in [1.29, 1.82) is 5.26 Å². The lowest BCUT2D eigenvalue weighted by molar-refractivity contribution is 0.0472. The van der Waals surface area contributed by atoms with E-state index in [1.807, 2.05) is 36.4 Å². The maximum atomic E-state index is 13.0. The molecule has 8 heteroatoms. The van der Waals surface area contributed by atoms with Crippen molar-refractivity contribution in [2.75, 3.05) is 7.05 Å². The third kappa shape index (κ3) is 5.50. The number of benzene rings is 3. The molecule has 0 aliphatic carbocycles. The van der Waals surface area contributed by atoms with Crippen molar-refractivity contribution in [3.05, 3.63) is 100 Å². The van der Waals surface area contributed by atoms with Gasteiger partial charge >= 0.3 is 5.97 Å². The minimum Gasteiger partial charge on any atom is -0.457 e. The number of esters is 1. The van der Waals surface area contributed by atoms with E-state index in [9.17, 15) is 13.2 Å². The van der Waals surface area contributed by atoms with E-state index in [0.717, 1.165) is 5.56 Å². The van der Waals surface area contributed by atoms with Gasteiger partial charge in [0.15, 0.2) is 0 Å². The van der Waals surface area contributed by atoms with Gasteiger partial charge in [-0.05, 0) is 41.5 Å². The number of ether oxygens (including phenoxy) is 1. The largest absolute Gasteiger partial charge is 0.457 e. The second-order valence-electron chi connectivity index (χ2n) is 6.77. The molecule has 0 fully saturated rings. The Morgan fingerprint density at radius 1 is 1.03 bits per heavy atom. The molecule has 31 heavy (non-hydrogen) atoms. The van der Waals surface area contributed by atoms with Crippen LogP contribution in [0, 0.1) is 11.3 Å². The molecular formula is C23H19ClN2O4S. The van der Waals surface area contributed by atoms with Gasteiger partial charge in [0, 0.05) is 13.6 Å². The smallest absolute Gasteiger partial charge is 0.340 e. The van der Waals surface area contributed by atoms with E-state index in [4.69, 9.17) is 21.6 Å². The standard InChI is InChI=1S/C23H19ClN2O4S/c1-26(15-18-5-3-2-4-6-18)31(28,29)20-11-12-22(24)21(13-20)23(27)30-16-19-9-7-17(14-25)8-10-19/h2-13H,15-16H2,1H3. The predicted octanol–water partition coefficient (Wildman–Crippen LogP) is 4.39. The molecule has 0 saturated heterocycles. The van der Waals surface area contributed by atoms with Crippen LogP contribution in [0.3, 0.4) is 0 Å². The van der Waals surface area contributed by atoms with Gasteiger partial charge < -0.3 is 4.74 Å². The summed E-state index contributed by atoms with van der Waals surface area (Å²) in [7, 11) is -2.38. The Morgan fingerprint density at radius 3 is 2.35 bits per heavy atom. The molecule has 0 aromatic heterocycles. The quantitative estimate of drug-likeness (QED) is 0.494. The fourth-order valence-electron chi connectivity index (χ4n) is 2.83. The van der Waals surface area contributed by atoms with Gasteiger partial charge in [0.25, 0.3) is 0 Å². The van der Waals surface area contributed by atoms with Gasteiger partial charge in [-0.1, -0.05) is 54.1 Å². The van der Waals surface area contributed by atoms with Crippen molar-refractivity contribution in [1.82, 2.24) is 4.31 Å². The van der Waals surface area contributed by atoms with Gasteiger partial charge in [0.05, 0.1) is 27.1 Å². The molecule has 0 radical (unpaired) electrons. The molecular weight excluding hydrogens is 436 g/mol. The first-order chi connectivity index (χ1) is 14.8. The number of nitrogens with zero attached hydrogens (tertiary/aromatic N) is 2. The van der Waals surface area contributed by atoms with Gasteiger partial charge in [-0.3, -0.25) is 0 Å². The highest BCUT2D eigenvalue weighted by Gasteiger charge is 2.24. The molecule has 0 atom stereocenters. The molecule has 0 amide bonds. The summed E-state index contributed by atoms with van der Waals surface area (Å²) in [4.78, 5) is 12.5. The van der Waals surface area contributed by atoms with Crippen LogP contribution in [-0.2, 0) is 27.9 Å². The number of hydrogen-bond donors (Lipinski definition) is 0. The van der Waals surface area contributed by atoms with Crippen LogP contribution in [0.2, 0.25) is 5.02 Å². The minimum absolute atomic E-state index is 0.0360. The average Bonchev–Trinajstić information content (AvgIpc) is 2.78. The van der Waals surface area contributed by atoms with E-state index in [-0.39, 0.29) is 28.6 Å². The summed E-state index contributed by atoms with van der Waals surface area (Å²) in [6.45, 7) is 0.149. The Bertz CT molecular complexity index is 1220. The molecule has 0 N–H and O–H groups in total. The first-order valence-electron chi connectivity index (χ1n) is 9.27. The zero-order valence-electron chi connectivity index (χ0n) is 16.7. The second kappa shape index (κ2) is 9.75. The number of carbonyl (C=O) groups excluding carboxylic acids is 1. The monoisotopic (exact) mass is 454 g/mol. The number of nitriles is 1. The van der Waals surface area contributed by atoms with Crippen LogP contribution < -0.4 is 0 Å². The molecule has 0 heterocycles. The number of rotatable bonds is 7. The van der Waals surface area contributed by atoms with Gasteiger partial charge in [0.1, 0.15) is 6.61 Å². The first kappa shape index (κ1) is 22.5. The average molecular weight is 455 g/mol. The van der Waals surface area contributed by atoms with Crippen LogP contribution in [0.5, 0.6) is 0 Å². The maximum absolute atomic E-state index is 13.0. The molecule has 0 aliphatic heterocycles. The lowest BCUT2D eigenvalue weighted by Crippen LogP contribution is -2.26. The molecule has 6 nitrogen and oxygen atoms in total. The van der Waals surface area contributed by atoms with Gasteiger partial charge in [0.2, 0.25) is 10.0 Å². The minimum atomic E-state index is -3.85. The van der Waals surface area contributed by atoms with Gasteiger partial charge in [-0.15, -0.1) is 0 Å². The molecule has 0 saturated carbocycles. The molecule has 158 valence electrons. The third-order valence-corrected chi connectivity index (χ3v) is 6.70. The zero-order chi connectivity index (χ0) is 22.4. The van der Waals surface area contributed by atoms with Crippen molar-refractivity contribution in [2.24, 2.45) is 0 Å². The number of sulfonamides is 1. The Labute approximate surface area is 186 Å². The zero-order valence-corrected chi connectivity index (χ0v) is 18.2. The Kier molecular flexibility index (Phi) is 7.08. The first-order valence-corrected chi connectivity index (χ1v) is 11.1. The van der Waals surface area contributed by atoms with Gasteiger partial charge in [-0.2, -0.15) is 9.57 Å². The Balaban J connectivity index is 1.76. The van der Waals surface area contributed by atoms with E-state index in [0.29, 0.717) is 11.1 Å². The fourth-order valence-corrected chi connectivity index (χ4v) is 4.21. The van der Waals surface area contributed by atoms with Crippen molar-refractivity contribution < 1.29 is 17.9 Å². The molecule has 0 spiro atoms. The maximum Gasteiger partial charge on any atom is 0.340 e. The SMILES string of the molecule is CN(Cc1ccccc1)S(=O)(=O)c1ccc(Cl)c(C(=O)OCc2ccc(C#N)cc2)c1. The number of hydrogen-bond acceptors (Lipinski definition) is 5. The highest BCUT2D eigenvalue weighted by Crippen LogP contribution is 2.24. The molecule has 3 rings (SSSR count). The topological polar surface area (TPSA) is 87.5 Å². The fraction of sp³-hybridized carbons (Fsp3) is 0.130. The number of halogens is 1. The molecule has 3 aromatic rings. The van der Waals surface area contributed by atoms with Gasteiger partial charge in [-0.25, -0.2) is 13.2 Å². The molecule has 0 unspecified atom stereocenters. The normalized spacial score (nSPS) is 11.2. The van der Waals surface area contributed by atoms with Crippen molar-refractivity contribution in [3.63, 3.8) is 0 Å². The third-order valence-electron chi connectivity index (χ3n) is 4.57. The highest BCUT2D eigenvalue weighted by atomic mass is 35.5. The van der Waals surface area contributed by atoms with Crippen molar-refractivity contribution >= 4 is 27.6 Å². The second-order valence-corrected chi connectivity index (χ2v) is 9.23. The van der Waals surface area contributed by atoms with Crippen molar-refractivity contribution in [2.45, 2.75) is 18.0 Å². The Morgan fingerprint density at radius 2 is 1.71 bits per heavy atom. The molecule has 3 aromatic carbocycles. The lowest BCUT2D eigenvalue weighted by Gasteiger charge is -2.18. The molecule has 0 bridgehead atoms. The Hall–Kier alpha value is -3.18. The van der Waals surface area contributed by atoms with Crippen molar-refractivity contribution in [3.8, 4) is 6.07 Å². The summed E-state index contributed by atoms with van der Waals surface area (Å²) in [6.07, 6.45) is 0. The summed E-state index contributed by atoms with van der Waals surface area (Å²) in [5.41, 5.74) is 1.99. The molecule has 0 aliphatic rings. The van der Waals surface area contributed by atoms with E-state index in [2.05, 4.69) is 0 Å². The van der Waals surface area contributed by atoms with E-state index >= 15 is 0 Å². The highest BCUT2D eigenvalue weighted by molar-refractivity contribution is 7.89. The van der Waals surface area contributed by atoms with Crippen LogP contribution in [0.4, 0.5) is 0 Å². The van der Waals surface area contributed by atoms with E-state index in [1.165, 1.54) is 29.6 Å². The summed E-state index contributed by atoms with van der Waals surface area (Å²) in [5.74, 6) is -0.739. The van der Waals surface area contributed by atoms with E-state index < -0.39 is 16.0 Å². The van der Waals surface area contributed by atoms with Crippen LogP contribution in [-0.4, -0.2) is 25.7 Å². The van der Waals surface area contributed by atoms with E-state index in [1.54, 1.807) is 24.3 Å². The number of carbonyl (C=O) groups is 1. The van der Waals surface area contributed by atoms with Crippen LogP contribution in [0.25, 0.3) is 0 Å². The summed E-state index contributed by atoms with van der Waals surface area (Å²) >= 11 is 6.13. The summed E-state index contributed by atoms with van der Waals surface area (Å²) in [6, 6.07) is 21.7. The van der Waals surface area contributed by atoms with Crippen LogP contribution >= 0.6 is 11.6 Å². The lowest BCUT2D eigenvalue weighted by atomic mass is 10.1. The summed E-state index contributed by atoms with van der Waals surface area (Å²) in [5, 5.41) is 8.93. The van der Waals surface area contributed by atoms with Crippen LogP contribution in [0.1, 0.15) is 27.0 Å². The van der Waals surface area contributed by atoms with Crippen LogP contribution in [0.15, 0.2) is 77.7 Å².